The van der Waals surface area contributed by atoms with Crippen molar-refractivity contribution in [3.8, 4) is 0 Å². The molecule has 3 N–H and O–H groups in total. The number of fused-ring (bicyclic) bond motifs is 27. The summed E-state index contributed by atoms with van der Waals surface area (Å²) in [4.78, 5) is 68.1. The van der Waals surface area contributed by atoms with Crippen molar-refractivity contribution >= 4 is 35.8 Å². The molecule has 0 amide bonds. The Morgan fingerprint density at radius 1 is 0.352 bits per heavy atom. The summed E-state index contributed by atoms with van der Waals surface area (Å²) < 4.78 is 257. The number of aliphatic hydroxyl groups is 3. The lowest BCUT2D eigenvalue weighted by molar-refractivity contribution is -0.373. The average Bonchev–Trinajstić information content (AvgIpc) is 1.52. The standard InChI is InChI=1S/C22H30F6O3.2C19H24F6O3.3C5H8O2/c23-21(24,25)20(30,22(26,27)28)7-3-1-2-4-8-31-19(29)16-11-14-10-15(16)18-13-6-5-12(9-13)17(14)18;1-8(7-17(27,18(20,21)22)19(23,24)25)28-16(26)13-6-11-5-12(13)15-10-3-2-9(4-10)14(11)15;20-18(21,22)17(27,19(23,24)25)4-1-5-28-16(26)13-8-11-7-12(13)15-10-3-2-9(6-10)14(11)15;3*1-4(2)5(6)7-3/h12-18,30H,1-11H2;8-15,27H,2-7H2,1H3;9-15,27H,1-8H2;3*1H2,2-3H3. The van der Waals surface area contributed by atoms with E-state index in [1.54, 1.807) is 20.8 Å². The van der Waals surface area contributed by atoms with Gasteiger partial charge in [0, 0.05) is 23.1 Å². The molecule has 12 rings (SSSR count). The van der Waals surface area contributed by atoms with Crippen LogP contribution in [-0.4, -0.2) is 146 Å². The van der Waals surface area contributed by atoms with E-state index >= 15 is 0 Å². The second kappa shape index (κ2) is 34.6. The lowest BCUT2D eigenvalue weighted by Crippen LogP contribution is -2.58. The number of halogens is 18. The number of unbranched alkanes of at least 4 members (excludes halogenated alkanes) is 3. The van der Waals surface area contributed by atoms with Gasteiger partial charge in [0.1, 0.15) is 6.10 Å². The monoisotopic (exact) mass is 1580 g/mol. The first kappa shape index (κ1) is 89.9. The van der Waals surface area contributed by atoms with Gasteiger partial charge in [0.15, 0.2) is 0 Å². The third-order valence-electron chi connectivity index (χ3n) is 26.0. The quantitative estimate of drug-likeness (QED) is 0.0258. The van der Waals surface area contributed by atoms with Crippen LogP contribution in [0.2, 0.25) is 0 Å². The van der Waals surface area contributed by atoms with Crippen LogP contribution in [0.1, 0.15) is 175 Å². The van der Waals surface area contributed by atoms with Gasteiger partial charge in [0.2, 0.25) is 0 Å². The Kier molecular flexibility index (Phi) is 28.7. The van der Waals surface area contributed by atoms with Gasteiger partial charge in [-0.15, -0.1) is 0 Å². The SMILES string of the molecule is C=C(C)C(=O)OC.C=C(C)C(=O)OC.C=C(C)C(=O)OC.CC(CC(O)(C(F)(F)F)C(F)(F)F)OC(=O)C1CC2CC1C1C3CCC(C3)C21.O=C(OCCCC(O)(C(F)(F)F)C(F)(F)F)C1CC2CC1C1C3CCC(C3)C21.O=C(OCCCCCCC(O)(C(F)(F)F)C(F)(F)F)C1CC2CC1C1C3CCC(C3)C21. The fourth-order valence-electron chi connectivity index (χ4n) is 21.8. The van der Waals surface area contributed by atoms with E-state index in [1.807, 2.05) is 0 Å². The minimum absolute atomic E-state index is 0.0424. The van der Waals surface area contributed by atoms with Crippen molar-refractivity contribution in [1.29, 1.82) is 0 Å². The molecule has 0 radical (unpaired) electrons. The Bertz CT molecular complexity index is 3070. The molecule has 22 atom stereocenters. The van der Waals surface area contributed by atoms with E-state index in [-0.39, 0.29) is 60.6 Å². The van der Waals surface area contributed by atoms with Gasteiger partial charge in [-0.1, -0.05) is 32.6 Å². The average molecular weight is 1590 g/mol. The van der Waals surface area contributed by atoms with Gasteiger partial charge in [-0.25, -0.2) is 14.4 Å². The molecule has 0 aromatic rings. The van der Waals surface area contributed by atoms with Gasteiger partial charge in [-0.05, 0) is 263 Å². The number of carbonyl (C=O) groups is 6. The molecule has 0 aliphatic heterocycles. The van der Waals surface area contributed by atoms with E-state index in [0.717, 1.165) is 75.0 Å². The fraction of sp³-hybridized carbons (Fsp3) is 0.840. The Hall–Kier alpha value is -5.34. The first-order valence-corrected chi connectivity index (χ1v) is 37.1. The molecule has 0 spiro atoms. The van der Waals surface area contributed by atoms with E-state index in [9.17, 15) is 113 Å². The minimum atomic E-state index is -5.91. The van der Waals surface area contributed by atoms with Crippen molar-refractivity contribution < 1.29 is 152 Å². The number of esters is 6. The Balaban J connectivity index is 0.000000199. The number of carbonyl (C=O) groups excluding carboxylic acids is 6. The van der Waals surface area contributed by atoms with Gasteiger partial charge in [-0.3, -0.25) is 14.4 Å². The summed E-state index contributed by atoms with van der Waals surface area (Å²) in [5.74, 6) is 7.33. The normalized spacial score (nSPS) is 32.8. The van der Waals surface area contributed by atoms with Crippen LogP contribution in [0, 0.1) is 124 Å². The lowest BCUT2D eigenvalue weighted by atomic mass is 9.67. The maximum Gasteiger partial charge on any atom is 0.426 e. The smallest absolute Gasteiger partial charge is 0.426 e. The second-order valence-electron chi connectivity index (χ2n) is 32.4. The molecular weight excluding hydrogens is 1480 g/mol. The van der Waals surface area contributed by atoms with E-state index in [0.29, 0.717) is 101 Å². The number of alkyl halides is 18. The van der Waals surface area contributed by atoms with Gasteiger partial charge < -0.3 is 43.7 Å². The largest absolute Gasteiger partial charge is 0.466 e. The molecule has 12 aliphatic carbocycles. The molecule has 0 heterocycles. The number of hydrogen-bond acceptors (Lipinski definition) is 15. The topological polar surface area (TPSA) is 218 Å². The number of rotatable bonds is 20. The fourth-order valence-corrected chi connectivity index (χ4v) is 21.8. The van der Waals surface area contributed by atoms with Crippen molar-refractivity contribution in [2.45, 2.75) is 235 Å². The summed E-state index contributed by atoms with van der Waals surface area (Å²) in [5, 5.41) is 27.5. The summed E-state index contributed by atoms with van der Waals surface area (Å²) in [5.41, 5.74) is -13.1. The van der Waals surface area contributed by atoms with E-state index in [2.05, 4.69) is 33.9 Å². The summed E-state index contributed by atoms with van der Waals surface area (Å²) in [6.07, 6.45) is -25.3. The van der Waals surface area contributed by atoms with Gasteiger partial charge in [0.25, 0.3) is 16.8 Å². The van der Waals surface area contributed by atoms with Crippen LogP contribution < -0.4 is 0 Å². The van der Waals surface area contributed by atoms with E-state index < -0.39 is 117 Å². The van der Waals surface area contributed by atoms with Crippen LogP contribution in [-0.2, 0) is 57.2 Å². The van der Waals surface area contributed by atoms with Crippen molar-refractivity contribution in [1.82, 2.24) is 0 Å². The molecule has 12 bridgehead atoms. The highest BCUT2D eigenvalue weighted by atomic mass is 19.4. The lowest BCUT2D eigenvalue weighted by Gasteiger charge is -2.38. The van der Waals surface area contributed by atoms with Gasteiger partial charge in [-0.2, -0.15) is 79.0 Å². The Labute approximate surface area is 616 Å². The highest BCUT2D eigenvalue weighted by Gasteiger charge is 2.73. The molecule has 33 heteroatoms. The molecule has 0 aromatic carbocycles. The summed E-state index contributed by atoms with van der Waals surface area (Å²) in [6, 6.07) is 0. The molecule has 618 valence electrons. The molecule has 0 saturated heterocycles. The maximum atomic E-state index is 12.8. The first-order chi connectivity index (χ1) is 49.8. The molecule has 12 aliphatic rings. The number of methoxy groups -OCH3 is 3. The molecule has 22 unspecified atom stereocenters. The first-order valence-electron chi connectivity index (χ1n) is 37.1. The highest BCUT2D eigenvalue weighted by molar-refractivity contribution is 5.87. The summed E-state index contributed by atoms with van der Waals surface area (Å²) in [6.45, 7) is 15.4. The predicted molar refractivity (Wildman–Crippen MR) is 349 cm³/mol. The van der Waals surface area contributed by atoms with Crippen molar-refractivity contribution in [2.24, 2.45) is 124 Å². The zero-order valence-corrected chi connectivity index (χ0v) is 61.5. The van der Waals surface area contributed by atoms with E-state index in [4.69, 9.17) is 24.4 Å². The third-order valence-corrected chi connectivity index (χ3v) is 26.0. The zero-order valence-electron chi connectivity index (χ0n) is 61.5. The Morgan fingerprint density at radius 3 is 0.880 bits per heavy atom. The van der Waals surface area contributed by atoms with E-state index in [1.165, 1.54) is 72.7 Å². The zero-order chi connectivity index (χ0) is 81.3. The molecule has 15 nitrogen and oxygen atoms in total. The Morgan fingerprint density at radius 2 is 0.611 bits per heavy atom. The van der Waals surface area contributed by atoms with Gasteiger partial charge >= 0.3 is 72.9 Å². The van der Waals surface area contributed by atoms with Crippen LogP contribution in [0.25, 0.3) is 0 Å². The molecule has 108 heavy (non-hydrogen) atoms. The molecular formula is C75H102F18O15. The van der Waals surface area contributed by atoms with Crippen LogP contribution in [0.5, 0.6) is 0 Å². The van der Waals surface area contributed by atoms with Crippen molar-refractivity contribution in [3.63, 3.8) is 0 Å². The number of hydrogen-bond donors (Lipinski definition) is 3. The van der Waals surface area contributed by atoms with Crippen molar-refractivity contribution in [3.05, 3.63) is 36.5 Å². The second-order valence-corrected chi connectivity index (χ2v) is 32.4. The highest BCUT2D eigenvalue weighted by Crippen LogP contribution is 2.72. The minimum Gasteiger partial charge on any atom is -0.466 e. The van der Waals surface area contributed by atoms with Crippen LogP contribution >= 0.6 is 0 Å². The van der Waals surface area contributed by atoms with Crippen LogP contribution in [0.3, 0.4) is 0 Å². The van der Waals surface area contributed by atoms with Crippen molar-refractivity contribution in [2.75, 3.05) is 34.5 Å². The van der Waals surface area contributed by atoms with Crippen LogP contribution in [0.4, 0.5) is 79.0 Å². The predicted octanol–water partition coefficient (Wildman–Crippen LogP) is 16.8. The summed E-state index contributed by atoms with van der Waals surface area (Å²) >= 11 is 0. The number of ether oxygens (including phenoxy) is 6. The maximum absolute atomic E-state index is 12.8. The summed E-state index contributed by atoms with van der Waals surface area (Å²) in [7, 11) is 3.99. The van der Waals surface area contributed by atoms with Gasteiger partial charge in [0.05, 0.1) is 52.3 Å². The molecule has 0 aromatic heterocycles. The third kappa shape index (κ3) is 19.0. The molecule has 12 fully saturated rings. The van der Waals surface area contributed by atoms with Crippen LogP contribution in [0.15, 0.2) is 36.5 Å². The molecule has 12 saturated carbocycles.